The Labute approximate surface area is 142 Å². The molecule has 0 spiro atoms. The number of hydrogen-bond acceptors (Lipinski definition) is 4. The number of ether oxygens (including phenoxy) is 1. The van der Waals surface area contributed by atoms with E-state index in [1.807, 2.05) is 20.8 Å². The van der Waals surface area contributed by atoms with E-state index in [9.17, 15) is 14.4 Å². The van der Waals surface area contributed by atoms with Crippen molar-refractivity contribution in [2.24, 2.45) is 0 Å². The van der Waals surface area contributed by atoms with Crippen LogP contribution in [0.15, 0.2) is 24.3 Å². The summed E-state index contributed by atoms with van der Waals surface area (Å²) in [6.45, 7) is 6.06. The van der Waals surface area contributed by atoms with E-state index < -0.39 is 5.91 Å². The molecule has 0 fully saturated rings. The van der Waals surface area contributed by atoms with Crippen molar-refractivity contribution in [1.29, 1.82) is 0 Å². The van der Waals surface area contributed by atoms with Crippen molar-refractivity contribution in [3.63, 3.8) is 0 Å². The summed E-state index contributed by atoms with van der Waals surface area (Å²) in [5.41, 5.74) is 0.430. The van der Waals surface area contributed by atoms with Gasteiger partial charge in [-0.3, -0.25) is 14.4 Å². The van der Waals surface area contributed by atoms with Crippen molar-refractivity contribution >= 4 is 17.7 Å². The molecule has 7 heteroatoms. The molecule has 7 nitrogen and oxygen atoms in total. The fourth-order valence-corrected chi connectivity index (χ4v) is 1.79. The lowest BCUT2D eigenvalue weighted by atomic mass is 10.2. The van der Waals surface area contributed by atoms with Crippen molar-refractivity contribution in [2.45, 2.75) is 33.3 Å². The molecular weight excluding hydrogens is 310 g/mol. The Morgan fingerprint density at radius 3 is 2.12 bits per heavy atom. The molecule has 0 aliphatic carbocycles. The lowest BCUT2D eigenvalue weighted by Gasteiger charge is -2.10. The summed E-state index contributed by atoms with van der Waals surface area (Å²) in [5.74, 6) is -0.360. The predicted octanol–water partition coefficient (Wildman–Crippen LogP) is 0.846. The van der Waals surface area contributed by atoms with Crippen LogP contribution in [0.3, 0.4) is 0 Å². The molecule has 1 aromatic rings. The summed E-state index contributed by atoms with van der Waals surface area (Å²) in [6, 6.07) is 6.66. The quantitative estimate of drug-likeness (QED) is 0.623. The molecule has 1 rings (SSSR count). The Bertz CT molecular complexity index is 555. The minimum Gasteiger partial charge on any atom is -0.491 e. The second-order valence-corrected chi connectivity index (χ2v) is 5.50. The molecule has 0 aliphatic rings. The van der Waals surface area contributed by atoms with E-state index in [0.717, 1.165) is 6.42 Å². The predicted molar refractivity (Wildman–Crippen MR) is 90.8 cm³/mol. The van der Waals surface area contributed by atoms with Gasteiger partial charge in [0.2, 0.25) is 11.8 Å². The van der Waals surface area contributed by atoms with Gasteiger partial charge in [0.05, 0.1) is 19.2 Å². The summed E-state index contributed by atoms with van der Waals surface area (Å²) in [7, 11) is 0. The van der Waals surface area contributed by atoms with Gasteiger partial charge in [0.1, 0.15) is 5.75 Å². The smallest absolute Gasteiger partial charge is 0.251 e. The van der Waals surface area contributed by atoms with Gasteiger partial charge in [-0.25, -0.2) is 0 Å². The number of nitrogens with one attached hydrogen (secondary N) is 3. The van der Waals surface area contributed by atoms with Gasteiger partial charge >= 0.3 is 0 Å². The maximum absolute atomic E-state index is 12.0. The summed E-state index contributed by atoms with van der Waals surface area (Å²) >= 11 is 0. The van der Waals surface area contributed by atoms with E-state index in [4.69, 9.17) is 4.74 Å². The highest BCUT2D eigenvalue weighted by Crippen LogP contribution is 2.13. The fourth-order valence-electron chi connectivity index (χ4n) is 1.79. The molecule has 0 bridgehead atoms. The van der Waals surface area contributed by atoms with Crippen LogP contribution in [0.2, 0.25) is 0 Å². The lowest BCUT2D eigenvalue weighted by molar-refractivity contribution is -0.125. The van der Waals surface area contributed by atoms with E-state index in [-0.39, 0.29) is 31.0 Å². The van der Waals surface area contributed by atoms with Gasteiger partial charge in [0.15, 0.2) is 0 Å². The third-order valence-electron chi connectivity index (χ3n) is 2.92. The summed E-state index contributed by atoms with van der Waals surface area (Å²) in [6.07, 6.45) is 0.888. The van der Waals surface area contributed by atoms with Gasteiger partial charge in [-0.1, -0.05) is 6.92 Å². The molecule has 1 aromatic carbocycles. The Morgan fingerprint density at radius 1 is 0.958 bits per heavy atom. The number of rotatable bonds is 9. The van der Waals surface area contributed by atoms with Crippen molar-refractivity contribution in [1.82, 2.24) is 16.0 Å². The number of amides is 3. The van der Waals surface area contributed by atoms with Crippen LogP contribution < -0.4 is 20.7 Å². The second-order valence-electron chi connectivity index (χ2n) is 5.50. The van der Waals surface area contributed by atoms with Gasteiger partial charge in [-0.2, -0.15) is 0 Å². The summed E-state index contributed by atoms with van der Waals surface area (Å²) < 4.78 is 5.50. The molecule has 24 heavy (non-hydrogen) atoms. The maximum Gasteiger partial charge on any atom is 0.251 e. The third kappa shape index (κ3) is 7.62. The van der Waals surface area contributed by atoms with Gasteiger partial charge in [0.25, 0.3) is 5.91 Å². The maximum atomic E-state index is 12.0. The third-order valence-corrected chi connectivity index (χ3v) is 2.92. The number of carbonyl (C=O) groups is 3. The van der Waals surface area contributed by atoms with Crippen LogP contribution in [0.4, 0.5) is 0 Å². The Hall–Kier alpha value is -2.57. The van der Waals surface area contributed by atoms with Crippen LogP contribution in [0.25, 0.3) is 0 Å². The first-order chi connectivity index (χ1) is 11.4. The van der Waals surface area contributed by atoms with E-state index in [1.54, 1.807) is 24.3 Å². The Balaban J connectivity index is 2.34. The molecule has 3 amide bonds. The number of benzene rings is 1. The van der Waals surface area contributed by atoms with Crippen LogP contribution in [0.5, 0.6) is 5.75 Å². The SMILES string of the molecule is CCCNC(=O)CNC(=O)CNC(=O)c1ccc(OC(C)C)cc1. The summed E-state index contributed by atoms with van der Waals surface area (Å²) in [5, 5.41) is 7.59. The highest BCUT2D eigenvalue weighted by molar-refractivity contribution is 5.96. The lowest BCUT2D eigenvalue weighted by Crippen LogP contribution is -2.42. The van der Waals surface area contributed by atoms with Gasteiger partial charge in [-0.15, -0.1) is 0 Å². The van der Waals surface area contributed by atoms with Crippen LogP contribution in [-0.2, 0) is 9.59 Å². The van der Waals surface area contributed by atoms with Crippen molar-refractivity contribution in [3.05, 3.63) is 29.8 Å². The minimum atomic E-state index is -0.422. The van der Waals surface area contributed by atoms with Crippen molar-refractivity contribution in [3.8, 4) is 5.75 Å². The average Bonchev–Trinajstić information content (AvgIpc) is 2.56. The molecule has 0 atom stereocenters. The van der Waals surface area contributed by atoms with Crippen LogP contribution in [0, 0.1) is 0 Å². The normalized spacial score (nSPS) is 10.2. The first-order valence-corrected chi connectivity index (χ1v) is 8.00. The second kappa shape index (κ2) is 10.3. The zero-order chi connectivity index (χ0) is 17.9. The van der Waals surface area contributed by atoms with Gasteiger partial charge in [0, 0.05) is 12.1 Å². The van der Waals surface area contributed by atoms with Crippen molar-refractivity contribution < 1.29 is 19.1 Å². The number of hydrogen-bond donors (Lipinski definition) is 3. The Morgan fingerprint density at radius 2 is 1.54 bits per heavy atom. The first-order valence-electron chi connectivity index (χ1n) is 8.00. The minimum absolute atomic E-state index is 0.0582. The zero-order valence-corrected chi connectivity index (χ0v) is 14.3. The van der Waals surface area contributed by atoms with Crippen molar-refractivity contribution in [2.75, 3.05) is 19.6 Å². The molecule has 0 unspecified atom stereocenters. The molecule has 0 aromatic heterocycles. The molecular formula is C17H25N3O4. The van der Waals surface area contributed by atoms with E-state index >= 15 is 0 Å². The van der Waals surface area contributed by atoms with E-state index in [2.05, 4.69) is 16.0 Å². The standard InChI is InChI=1S/C17H25N3O4/c1-4-9-18-15(21)10-19-16(22)11-20-17(23)13-5-7-14(8-6-13)24-12(2)3/h5-8,12H,4,9-11H2,1-3H3,(H,18,21)(H,19,22)(H,20,23). The zero-order valence-electron chi connectivity index (χ0n) is 14.3. The van der Waals surface area contributed by atoms with E-state index in [0.29, 0.717) is 17.9 Å². The van der Waals surface area contributed by atoms with Crippen LogP contribution in [0.1, 0.15) is 37.6 Å². The highest BCUT2D eigenvalue weighted by Gasteiger charge is 2.09. The molecule has 0 saturated carbocycles. The molecule has 132 valence electrons. The van der Waals surface area contributed by atoms with Gasteiger partial charge < -0.3 is 20.7 Å². The topological polar surface area (TPSA) is 96.5 Å². The molecule has 0 aliphatic heterocycles. The van der Waals surface area contributed by atoms with E-state index in [1.165, 1.54) is 0 Å². The molecule has 0 heterocycles. The molecule has 3 N–H and O–H groups in total. The molecule has 0 radical (unpaired) electrons. The molecule has 0 saturated heterocycles. The van der Waals surface area contributed by atoms with Gasteiger partial charge in [-0.05, 0) is 44.5 Å². The monoisotopic (exact) mass is 335 g/mol. The average molecular weight is 335 g/mol. The highest BCUT2D eigenvalue weighted by atomic mass is 16.5. The first kappa shape index (κ1) is 19.5. The largest absolute Gasteiger partial charge is 0.491 e. The fraction of sp³-hybridized carbons (Fsp3) is 0.471. The van der Waals surface area contributed by atoms with Crippen LogP contribution >= 0.6 is 0 Å². The summed E-state index contributed by atoms with van der Waals surface area (Å²) in [4.78, 5) is 34.9. The van der Waals surface area contributed by atoms with Crippen LogP contribution in [-0.4, -0.2) is 43.5 Å². The number of carbonyl (C=O) groups excluding carboxylic acids is 3. The Kier molecular flexibility index (Phi) is 8.32.